The first kappa shape index (κ1) is 20.7. The van der Waals surface area contributed by atoms with Gasteiger partial charge in [-0.2, -0.15) is 18.3 Å². The van der Waals surface area contributed by atoms with E-state index in [0.717, 1.165) is 23.1 Å². The Morgan fingerprint density at radius 1 is 1.06 bits per heavy atom. The molecule has 3 amide bonds. The van der Waals surface area contributed by atoms with Crippen LogP contribution in [0.2, 0.25) is 0 Å². The molecule has 10 heteroatoms. The third-order valence-electron chi connectivity index (χ3n) is 5.22. The van der Waals surface area contributed by atoms with Gasteiger partial charge < -0.3 is 15.1 Å². The molecule has 1 aliphatic heterocycles. The Kier molecular flexibility index (Phi) is 5.30. The average molecular weight is 431 g/mol. The third kappa shape index (κ3) is 4.32. The van der Waals surface area contributed by atoms with Crippen LogP contribution in [0.25, 0.3) is 10.9 Å². The first-order valence-corrected chi connectivity index (χ1v) is 9.68. The Morgan fingerprint density at radius 2 is 1.77 bits per heavy atom. The Hall–Kier alpha value is -3.56. The molecular formula is C21H20F3N5O2. The quantitative estimate of drug-likeness (QED) is 0.646. The number of urea groups is 1. The van der Waals surface area contributed by atoms with E-state index in [1.54, 1.807) is 17.2 Å². The van der Waals surface area contributed by atoms with Crippen LogP contribution in [0.15, 0.2) is 42.6 Å². The normalized spacial score (nSPS) is 14.7. The number of aromatic amines is 1. The molecule has 2 aromatic carbocycles. The predicted octanol–water partition coefficient (Wildman–Crippen LogP) is 3.88. The molecule has 7 nitrogen and oxygen atoms in total. The number of hydrogen-bond acceptors (Lipinski definition) is 3. The lowest BCUT2D eigenvalue weighted by molar-refractivity contribution is -0.137. The van der Waals surface area contributed by atoms with Gasteiger partial charge in [0.1, 0.15) is 0 Å². The van der Waals surface area contributed by atoms with Crippen molar-refractivity contribution in [2.24, 2.45) is 0 Å². The van der Waals surface area contributed by atoms with E-state index in [-0.39, 0.29) is 24.7 Å². The number of H-pyrrole nitrogens is 1. The van der Waals surface area contributed by atoms with Crippen LogP contribution in [0.4, 0.5) is 23.7 Å². The minimum absolute atomic E-state index is 0.0692. The highest BCUT2D eigenvalue weighted by molar-refractivity contribution is 6.05. The minimum Gasteiger partial charge on any atom is -0.335 e. The van der Waals surface area contributed by atoms with Crippen LogP contribution >= 0.6 is 0 Å². The number of rotatable bonds is 2. The second-order valence-corrected chi connectivity index (χ2v) is 7.43. The number of benzene rings is 2. The molecule has 2 heterocycles. The van der Waals surface area contributed by atoms with Crippen molar-refractivity contribution in [3.63, 3.8) is 0 Å². The number of aryl methyl sites for hydroxylation is 1. The van der Waals surface area contributed by atoms with Gasteiger partial charge in [-0.25, -0.2) is 4.79 Å². The molecule has 0 aliphatic carbocycles. The summed E-state index contributed by atoms with van der Waals surface area (Å²) in [4.78, 5) is 28.6. The van der Waals surface area contributed by atoms with Crippen molar-refractivity contribution in [2.45, 2.75) is 13.1 Å². The second-order valence-electron chi connectivity index (χ2n) is 7.43. The molecule has 31 heavy (non-hydrogen) atoms. The smallest absolute Gasteiger partial charge is 0.335 e. The molecule has 4 rings (SSSR count). The topological polar surface area (TPSA) is 81.3 Å². The number of amides is 3. The molecule has 3 aromatic rings. The highest BCUT2D eigenvalue weighted by Crippen LogP contribution is 2.30. The number of aromatic nitrogens is 2. The van der Waals surface area contributed by atoms with Gasteiger partial charge >= 0.3 is 12.2 Å². The lowest BCUT2D eigenvalue weighted by Crippen LogP contribution is -2.51. The van der Waals surface area contributed by atoms with Crippen molar-refractivity contribution in [1.29, 1.82) is 0 Å². The van der Waals surface area contributed by atoms with Crippen LogP contribution in [0, 0.1) is 6.92 Å². The summed E-state index contributed by atoms with van der Waals surface area (Å²) < 4.78 is 38.6. The summed E-state index contributed by atoms with van der Waals surface area (Å²) >= 11 is 0. The van der Waals surface area contributed by atoms with Gasteiger partial charge in [-0.1, -0.05) is 6.07 Å². The second kappa shape index (κ2) is 7.93. The highest BCUT2D eigenvalue weighted by atomic mass is 19.4. The zero-order valence-corrected chi connectivity index (χ0v) is 16.7. The summed E-state index contributed by atoms with van der Waals surface area (Å²) in [6.07, 6.45) is -2.82. The van der Waals surface area contributed by atoms with Gasteiger partial charge in [0, 0.05) is 37.3 Å². The Morgan fingerprint density at radius 3 is 2.48 bits per heavy atom. The summed E-state index contributed by atoms with van der Waals surface area (Å²) in [7, 11) is 0. The van der Waals surface area contributed by atoms with Crippen molar-refractivity contribution in [2.75, 3.05) is 31.5 Å². The van der Waals surface area contributed by atoms with Crippen LogP contribution in [0.3, 0.4) is 0 Å². The van der Waals surface area contributed by atoms with Crippen LogP contribution in [0.5, 0.6) is 0 Å². The van der Waals surface area contributed by atoms with Crippen LogP contribution in [-0.2, 0) is 6.18 Å². The lowest BCUT2D eigenvalue weighted by atomic mass is 10.1. The van der Waals surface area contributed by atoms with Crippen molar-refractivity contribution in [3.05, 3.63) is 59.3 Å². The Labute approximate surface area is 175 Å². The molecule has 1 fully saturated rings. The molecule has 0 bridgehead atoms. The lowest BCUT2D eigenvalue weighted by Gasteiger charge is -2.34. The van der Waals surface area contributed by atoms with Crippen LogP contribution in [-0.4, -0.2) is 58.1 Å². The van der Waals surface area contributed by atoms with Gasteiger partial charge in [0.05, 0.1) is 22.8 Å². The van der Waals surface area contributed by atoms with Crippen LogP contribution in [0.1, 0.15) is 21.5 Å². The summed E-state index contributed by atoms with van der Waals surface area (Å²) in [6, 6.07) is 7.72. The molecule has 0 saturated carbocycles. The number of anilines is 1. The third-order valence-corrected chi connectivity index (χ3v) is 5.22. The molecule has 1 aromatic heterocycles. The summed E-state index contributed by atoms with van der Waals surface area (Å²) in [5, 5.41) is 10.2. The maximum Gasteiger partial charge on any atom is 0.416 e. The van der Waals surface area contributed by atoms with Gasteiger partial charge in [-0.15, -0.1) is 0 Å². The Balaban J connectivity index is 1.40. The molecular weight excluding hydrogens is 411 g/mol. The maximum absolute atomic E-state index is 13.0. The predicted molar refractivity (Wildman–Crippen MR) is 109 cm³/mol. The zero-order chi connectivity index (χ0) is 22.2. The number of piperazine rings is 1. The van der Waals surface area contributed by atoms with Crippen molar-refractivity contribution >= 4 is 28.5 Å². The van der Waals surface area contributed by atoms with Crippen molar-refractivity contribution in [1.82, 2.24) is 20.0 Å². The molecule has 1 saturated heterocycles. The van der Waals surface area contributed by atoms with E-state index in [9.17, 15) is 22.8 Å². The van der Waals surface area contributed by atoms with Gasteiger partial charge in [0.25, 0.3) is 5.91 Å². The van der Waals surface area contributed by atoms with E-state index in [1.807, 2.05) is 13.0 Å². The largest absolute Gasteiger partial charge is 0.416 e. The highest BCUT2D eigenvalue weighted by Gasteiger charge is 2.31. The SMILES string of the molecule is Cc1cc(C(=O)N2CCN(C(=O)Nc3cccc(C(F)(F)F)c3)CC2)c2[nH]ncc2c1. The summed E-state index contributed by atoms with van der Waals surface area (Å²) in [5.74, 6) is -0.157. The number of carbonyl (C=O) groups is 2. The van der Waals surface area contributed by atoms with E-state index >= 15 is 0 Å². The standard InChI is InChI=1S/C21H20F3N5O2/c1-13-9-14-12-25-27-18(14)17(10-13)19(30)28-5-7-29(8-6-28)20(31)26-16-4-2-3-15(11-16)21(22,23)24/h2-4,9-12H,5-8H2,1H3,(H,25,27)(H,26,31). The van der Waals surface area contributed by atoms with Gasteiger partial charge in [0.15, 0.2) is 0 Å². The maximum atomic E-state index is 13.0. The number of nitrogens with one attached hydrogen (secondary N) is 2. The van der Waals surface area contributed by atoms with Gasteiger partial charge in [-0.3, -0.25) is 9.89 Å². The summed E-state index contributed by atoms with van der Waals surface area (Å²) in [5.41, 5.74) is 1.37. The zero-order valence-electron chi connectivity index (χ0n) is 16.7. The van der Waals surface area contributed by atoms with E-state index in [4.69, 9.17) is 0 Å². The molecule has 0 radical (unpaired) electrons. The number of alkyl halides is 3. The molecule has 2 N–H and O–H groups in total. The van der Waals surface area contributed by atoms with E-state index in [1.165, 1.54) is 17.0 Å². The van der Waals surface area contributed by atoms with Gasteiger partial charge in [-0.05, 0) is 42.8 Å². The molecule has 0 spiro atoms. The molecule has 0 atom stereocenters. The number of nitrogens with zero attached hydrogens (tertiary/aromatic N) is 3. The number of hydrogen-bond donors (Lipinski definition) is 2. The number of halogens is 3. The van der Waals surface area contributed by atoms with E-state index in [2.05, 4.69) is 15.5 Å². The first-order chi connectivity index (χ1) is 14.7. The average Bonchev–Trinajstić information content (AvgIpc) is 3.20. The molecule has 0 unspecified atom stereocenters. The minimum atomic E-state index is -4.48. The summed E-state index contributed by atoms with van der Waals surface area (Å²) in [6.45, 7) is 3.08. The fourth-order valence-corrected chi connectivity index (χ4v) is 3.63. The molecule has 1 aliphatic rings. The number of carbonyl (C=O) groups excluding carboxylic acids is 2. The first-order valence-electron chi connectivity index (χ1n) is 9.68. The Bertz CT molecular complexity index is 1130. The van der Waals surface area contributed by atoms with Gasteiger partial charge in [0.2, 0.25) is 0 Å². The fourth-order valence-electron chi connectivity index (χ4n) is 3.63. The fraction of sp³-hybridized carbons (Fsp3) is 0.286. The van der Waals surface area contributed by atoms with E-state index < -0.39 is 17.8 Å². The monoisotopic (exact) mass is 431 g/mol. The molecule has 162 valence electrons. The van der Waals surface area contributed by atoms with Crippen LogP contribution < -0.4 is 5.32 Å². The van der Waals surface area contributed by atoms with Crippen molar-refractivity contribution < 1.29 is 22.8 Å². The number of fused-ring (bicyclic) bond motifs is 1. The van der Waals surface area contributed by atoms with E-state index in [0.29, 0.717) is 24.2 Å². The van der Waals surface area contributed by atoms with Crippen molar-refractivity contribution in [3.8, 4) is 0 Å².